The molecule has 1 unspecified atom stereocenters. The molecular formula is C30H42N2O8. The standard InChI is InChI=1S/C30H42N2O8/c1-16-10-9-11-17(2)29(35)32-23-15-21(33)14-22(25(23)34)27(38-7)20(5)13-24(37-6)28(39-8)19(4)12-18(3)26(16)40-30(31)36/h9-12,14-16,19-20,24,26-28H,13H2,1-8H3,(H2,31,36)(H,32,35)/b10-9-,17-11+,18-12+/t16-,19-,20+,24-,26?,27-,28+/m1/s1. The van der Waals surface area contributed by atoms with Gasteiger partial charge in [0.25, 0.3) is 5.91 Å². The van der Waals surface area contributed by atoms with Crippen molar-refractivity contribution < 1.29 is 38.1 Å². The van der Waals surface area contributed by atoms with Crippen LogP contribution in [-0.2, 0) is 33.3 Å². The molecule has 0 fully saturated rings. The van der Waals surface area contributed by atoms with E-state index < -0.39 is 48.0 Å². The largest absolute Gasteiger partial charge is 0.441 e. The lowest BCUT2D eigenvalue weighted by atomic mass is 9.83. The quantitative estimate of drug-likeness (QED) is 0.395. The zero-order chi connectivity index (χ0) is 30.1. The van der Waals surface area contributed by atoms with E-state index in [9.17, 15) is 19.2 Å². The van der Waals surface area contributed by atoms with Gasteiger partial charge in [-0.2, -0.15) is 0 Å². The smallest absolute Gasteiger partial charge is 0.405 e. The molecule has 10 heteroatoms. The van der Waals surface area contributed by atoms with Crippen LogP contribution in [0.2, 0.25) is 0 Å². The Morgan fingerprint density at radius 2 is 1.62 bits per heavy atom. The molecule has 0 radical (unpaired) electrons. The lowest BCUT2D eigenvalue weighted by molar-refractivity contribution is -0.120. The molecule has 2 rings (SSSR count). The van der Waals surface area contributed by atoms with Gasteiger partial charge in [-0.15, -0.1) is 0 Å². The predicted octanol–water partition coefficient (Wildman–Crippen LogP) is 3.33. The minimum absolute atomic E-state index is 0.119. The third-order valence-corrected chi connectivity index (χ3v) is 7.29. The van der Waals surface area contributed by atoms with Crippen LogP contribution in [0.25, 0.3) is 0 Å². The van der Waals surface area contributed by atoms with Gasteiger partial charge in [-0.25, -0.2) is 4.79 Å². The predicted molar refractivity (Wildman–Crippen MR) is 150 cm³/mol. The van der Waals surface area contributed by atoms with Crippen LogP contribution in [0.1, 0.15) is 41.0 Å². The zero-order valence-corrected chi connectivity index (χ0v) is 24.6. The van der Waals surface area contributed by atoms with Crippen molar-refractivity contribution in [3.05, 3.63) is 58.9 Å². The van der Waals surface area contributed by atoms with E-state index in [1.165, 1.54) is 13.2 Å². The van der Waals surface area contributed by atoms with Crippen molar-refractivity contribution in [3.8, 4) is 0 Å². The molecule has 0 spiro atoms. The number of carbonyl (C=O) groups is 4. The van der Waals surface area contributed by atoms with E-state index in [0.29, 0.717) is 12.0 Å². The molecule has 1 heterocycles. The minimum Gasteiger partial charge on any atom is -0.441 e. The van der Waals surface area contributed by atoms with Crippen molar-refractivity contribution in [2.75, 3.05) is 21.3 Å². The van der Waals surface area contributed by atoms with Gasteiger partial charge >= 0.3 is 6.09 Å². The summed E-state index contributed by atoms with van der Waals surface area (Å²) in [5.41, 5.74) is 6.49. The SMILES string of the molecule is CO[C@H]1[C@H](C)/C=C(\C)C(OC(N)=O)[C@H](C)/C=C\C=C(/C)C(=O)NC2=CC(=O)C=C(C2=O)[C@H](OC)[C@@H](C)C[C@H]1OC. The molecule has 40 heavy (non-hydrogen) atoms. The van der Waals surface area contributed by atoms with Crippen LogP contribution in [0.4, 0.5) is 4.79 Å². The second-order valence-corrected chi connectivity index (χ2v) is 10.4. The Bertz CT molecular complexity index is 1130. The van der Waals surface area contributed by atoms with Gasteiger partial charge in [-0.1, -0.05) is 45.1 Å². The van der Waals surface area contributed by atoms with Crippen LogP contribution in [0.15, 0.2) is 58.9 Å². The number of nitrogens with one attached hydrogen (secondary N) is 1. The van der Waals surface area contributed by atoms with Crippen molar-refractivity contribution in [1.29, 1.82) is 0 Å². The summed E-state index contributed by atoms with van der Waals surface area (Å²) in [5, 5.41) is 2.56. The number of ketones is 2. The molecular weight excluding hydrogens is 516 g/mol. The summed E-state index contributed by atoms with van der Waals surface area (Å²) < 4.78 is 22.9. The number of hydrogen-bond acceptors (Lipinski definition) is 8. The molecule has 2 amide bonds. The van der Waals surface area contributed by atoms with E-state index in [4.69, 9.17) is 24.7 Å². The van der Waals surface area contributed by atoms with E-state index in [1.807, 2.05) is 33.8 Å². The summed E-state index contributed by atoms with van der Waals surface area (Å²) in [6.07, 6.45) is 6.65. The number of Topliss-reactive ketones (excluding diaryl/α,β-unsaturated/α-hetero) is 1. The van der Waals surface area contributed by atoms with Crippen molar-refractivity contribution in [2.24, 2.45) is 23.5 Å². The highest BCUT2D eigenvalue weighted by Crippen LogP contribution is 2.30. The molecule has 7 atom stereocenters. The maximum atomic E-state index is 13.4. The normalized spacial score (nSPS) is 34.4. The Morgan fingerprint density at radius 3 is 2.20 bits per heavy atom. The van der Waals surface area contributed by atoms with E-state index in [2.05, 4.69) is 5.32 Å². The highest BCUT2D eigenvalue weighted by Gasteiger charge is 2.36. The molecule has 3 N–H and O–H groups in total. The first-order chi connectivity index (χ1) is 18.8. The van der Waals surface area contributed by atoms with E-state index >= 15 is 0 Å². The number of rotatable bonds is 4. The van der Waals surface area contributed by atoms with Crippen LogP contribution in [0, 0.1) is 17.8 Å². The Balaban J connectivity index is 2.62. The summed E-state index contributed by atoms with van der Waals surface area (Å²) in [4.78, 5) is 50.5. The van der Waals surface area contributed by atoms with Crippen molar-refractivity contribution in [2.45, 2.75) is 65.5 Å². The summed E-state index contributed by atoms with van der Waals surface area (Å²) >= 11 is 0. The molecule has 0 saturated carbocycles. The number of ether oxygens (including phenoxy) is 4. The van der Waals surface area contributed by atoms with Gasteiger partial charge < -0.3 is 30.0 Å². The van der Waals surface area contributed by atoms with Crippen molar-refractivity contribution in [1.82, 2.24) is 5.32 Å². The Labute approximate surface area is 236 Å². The Hall–Kier alpha value is -3.34. The molecule has 1 aliphatic carbocycles. The number of allylic oxidation sites excluding steroid dienone is 5. The molecule has 2 bridgehead atoms. The maximum Gasteiger partial charge on any atom is 0.405 e. The summed E-state index contributed by atoms with van der Waals surface area (Å²) in [6.45, 7) is 9.17. The van der Waals surface area contributed by atoms with Crippen LogP contribution < -0.4 is 11.1 Å². The van der Waals surface area contributed by atoms with Crippen LogP contribution in [0.3, 0.4) is 0 Å². The molecule has 0 aromatic carbocycles. The third-order valence-electron chi connectivity index (χ3n) is 7.29. The molecule has 220 valence electrons. The highest BCUT2D eigenvalue weighted by atomic mass is 16.6. The lowest BCUT2D eigenvalue weighted by Crippen LogP contribution is -2.40. The molecule has 10 nitrogen and oxygen atoms in total. The Kier molecular flexibility index (Phi) is 12.2. The van der Waals surface area contributed by atoms with Gasteiger partial charge in [0.15, 0.2) is 5.78 Å². The summed E-state index contributed by atoms with van der Waals surface area (Å²) in [7, 11) is 4.64. The average molecular weight is 559 g/mol. The summed E-state index contributed by atoms with van der Waals surface area (Å²) in [6, 6.07) is 0. The number of hydrogen-bond donors (Lipinski definition) is 2. The minimum atomic E-state index is -0.902. The number of primary amides is 1. The van der Waals surface area contributed by atoms with E-state index in [0.717, 1.165) is 11.6 Å². The molecule has 0 aromatic rings. The van der Waals surface area contributed by atoms with Gasteiger partial charge in [0.05, 0.1) is 24.0 Å². The van der Waals surface area contributed by atoms with Crippen molar-refractivity contribution in [3.63, 3.8) is 0 Å². The number of amides is 2. The first kappa shape index (κ1) is 32.9. The molecule has 1 aliphatic heterocycles. The first-order valence-corrected chi connectivity index (χ1v) is 13.3. The van der Waals surface area contributed by atoms with Gasteiger partial charge in [0.2, 0.25) is 5.78 Å². The number of nitrogens with two attached hydrogens (primary N) is 1. The maximum absolute atomic E-state index is 13.4. The fraction of sp³-hybridized carbons (Fsp3) is 0.533. The van der Waals surface area contributed by atoms with Gasteiger partial charge in [0, 0.05) is 50.4 Å². The molecule has 2 aliphatic rings. The lowest BCUT2D eigenvalue weighted by Gasteiger charge is -2.34. The second kappa shape index (κ2) is 14.9. The molecule has 0 saturated heterocycles. The van der Waals surface area contributed by atoms with Crippen molar-refractivity contribution >= 4 is 23.6 Å². The average Bonchev–Trinajstić information content (AvgIpc) is 2.88. The zero-order valence-electron chi connectivity index (χ0n) is 24.6. The first-order valence-electron chi connectivity index (χ1n) is 13.3. The highest BCUT2D eigenvalue weighted by molar-refractivity contribution is 6.22. The molecule has 0 aromatic heterocycles. The van der Waals surface area contributed by atoms with E-state index in [1.54, 1.807) is 39.4 Å². The summed E-state index contributed by atoms with van der Waals surface area (Å²) in [5.74, 6) is -2.19. The van der Waals surface area contributed by atoms with Gasteiger partial charge in [-0.05, 0) is 37.8 Å². The number of carbonyl (C=O) groups excluding carboxylic acids is 4. The fourth-order valence-corrected chi connectivity index (χ4v) is 5.27. The monoisotopic (exact) mass is 558 g/mol. The van der Waals surface area contributed by atoms with Gasteiger partial charge in [-0.3, -0.25) is 14.4 Å². The number of fused-ring (bicyclic) bond motifs is 2. The van der Waals surface area contributed by atoms with Crippen LogP contribution in [-0.4, -0.2) is 69.3 Å². The fourth-order valence-electron chi connectivity index (χ4n) is 5.27. The van der Waals surface area contributed by atoms with Crippen LogP contribution in [0.5, 0.6) is 0 Å². The topological polar surface area (TPSA) is 143 Å². The Morgan fingerprint density at radius 1 is 0.950 bits per heavy atom. The third kappa shape index (κ3) is 8.33. The number of methoxy groups -OCH3 is 3. The van der Waals surface area contributed by atoms with Gasteiger partial charge in [0.1, 0.15) is 6.10 Å². The van der Waals surface area contributed by atoms with Crippen LogP contribution >= 0.6 is 0 Å². The van der Waals surface area contributed by atoms with E-state index in [-0.39, 0.29) is 29.0 Å². The second-order valence-electron chi connectivity index (χ2n) is 10.4.